The lowest BCUT2D eigenvalue weighted by Gasteiger charge is -2.15. The fourth-order valence-electron chi connectivity index (χ4n) is 2.00. The summed E-state index contributed by atoms with van der Waals surface area (Å²) in [6.07, 6.45) is -1.70. The van der Waals surface area contributed by atoms with Gasteiger partial charge in [-0.3, -0.25) is 0 Å². The number of alkyl halides is 3. The first-order valence-electron chi connectivity index (χ1n) is 6.25. The summed E-state index contributed by atoms with van der Waals surface area (Å²) in [5.41, 5.74) is 1.13. The molecule has 1 aromatic heterocycles. The predicted molar refractivity (Wildman–Crippen MR) is 73.7 cm³/mol. The first-order chi connectivity index (χ1) is 9.50. The van der Waals surface area contributed by atoms with Crippen LogP contribution in [0.2, 0.25) is 0 Å². The molecule has 0 aliphatic carbocycles. The van der Waals surface area contributed by atoms with Crippen LogP contribution in [-0.2, 0) is 12.6 Å². The molecule has 0 saturated heterocycles. The molecule has 108 valence electrons. The zero-order valence-electron chi connectivity index (χ0n) is 10.9. The maximum atomic E-state index is 12.5. The highest BCUT2D eigenvalue weighted by Crippen LogP contribution is 2.33. The van der Waals surface area contributed by atoms with Gasteiger partial charge in [-0.1, -0.05) is 30.3 Å². The third-order valence-electron chi connectivity index (χ3n) is 3.03. The summed E-state index contributed by atoms with van der Waals surface area (Å²) in [5.74, 6) is 0. The number of nitrogens with one attached hydrogen (secondary N) is 1. The van der Waals surface area contributed by atoms with E-state index in [4.69, 9.17) is 0 Å². The SMILES string of the molecule is CNC(CCc1cnc(C(F)(F)F)s1)c1ccccc1. The van der Waals surface area contributed by atoms with Crippen LogP contribution in [0.4, 0.5) is 13.2 Å². The van der Waals surface area contributed by atoms with E-state index in [0.29, 0.717) is 11.3 Å². The molecular weight excluding hydrogens is 285 g/mol. The van der Waals surface area contributed by atoms with Gasteiger partial charge in [0.15, 0.2) is 5.01 Å². The zero-order valence-corrected chi connectivity index (χ0v) is 11.8. The lowest BCUT2D eigenvalue weighted by atomic mass is 10.0. The predicted octanol–water partition coefficient (Wildman–Crippen LogP) is 4.06. The van der Waals surface area contributed by atoms with Gasteiger partial charge in [-0.05, 0) is 25.5 Å². The number of benzene rings is 1. The van der Waals surface area contributed by atoms with E-state index in [0.717, 1.165) is 23.3 Å². The fraction of sp³-hybridized carbons (Fsp3) is 0.357. The molecule has 1 heterocycles. The van der Waals surface area contributed by atoms with Crippen molar-refractivity contribution in [3.8, 4) is 0 Å². The normalized spacial score (nSPS) is 13.4. The van der Waals surface area contributed by atoms with Crippen molar-refractivity contribution in [1.82, 2.24) is 10.3 Å². The van der Waals surface area contributed by atoms with Gasteiger partial charge in [0.1, 0.15) is 0 Å². The minimum Gasteiger partial charge on any atom is -0.313 e. The second-order valence-corrected chi connectivity index (χ2v) is 5.54. The van der Waals surface area contributed by atoms with Gasteiger partial charge in [0.25, 0.3) is 0 Å². The van der Waals surface area contributed by atoms with E-state index >= 15 is 0 Å². The number of nitrogens with zero attached hydrogens (tertiary/aromatic N) is 1. The van der Waals surface area contributed by atoms with Crippen LogP contribution in [0.1, 0.15) is 27.9 Å². The average molecular weight is 300 g/mol. The number of hydrogen-bond donors (Lipinski definition) is 1. The number of aromatic nitrogens is 1. The van der Waals surface area contributed by atoms with Crippen molar-refractivity contribution in [3.63, 3.8) is 0 Å². The first-order valence-corrected chi connectivity index (χ1v) is 7.06. The zero-order chi connectivity index (χ0) is 14.6. The van der Waals surface area contributed by atoms with Crippen molar-refractivity contribution in [2.75, 3.05) is 7.05 Å². The third-order valence-corrected chi connectivity index (χ3v) is 4.13. The first kappa shape index (κ1) is 15.0. The van der Waals surface area contributed by atoms with Crippen LogP contribution in [0.25, 0.3) is 0 Å². The summed E-state index contributed by atoms with van der Waals surface area (Å²) in [6, 6.07) is 9.99. The van der Waals surface area contributed by atoms with Gasteiger partial charge < -0.3 is 5.32 Å². The van der Waals surface area contributed by atoms with Gasteiger partial charge in [0.2, 0.25) is 0 Å². The summed E-state index contributed by atoms with van der Waals surface area (Å²) < 4.78 is 37.4. The van der Waals surface area contributed by atoms with E-state index in [1.54, 1.807) is 0 Å². The second-order valence-electron chi connectivity index (χ2n) is 4.42. The van der Waals surface area contributed by atoms with Gasteiger partial charge in [-0.15, -0.1) is 11.3 Å². The summed E-state index contributed by atoms with van der Waals surface area (Å²) >= 11 is 0.724. The van der Waals surface area contributed by atoms with E-state index < -0.39 is 11.2 Å². The van der Waals surface area contributed by atoms with E-state index in [2.05, 4.69) is 10.3 Å². The van der Waals surface area contributed by atoms with Crippen LogP contribution in [0.15, 0.2) is 36.5 Å². The molecule has 0 fully saturated rings. The van der Waals surface area contributed by atoms with Crippen LogP contribution in [0, 0.1) is 0 Å². The number of rotatable bonds is 5. The van der Waals surface area contributed by atoms with Gasteiger partial charge in [0, 0.05) is 17.1 Å². The van der Waals surface area contributed by atoms with E-state index in [-0.39, 0.29) is 6.04 Å². The summed E-state index contributed by atoms with van der Waals surface area (Å²) in [4.78, 5) is 4.10. The van der Waals surface area contributed by atoms with Gasteiger partial charge in [-0.2, -0.15) is 13.2 Å². The smallest absolute Gasteiger partial charge is 0.313 e. The quantitative estimate of drug-likeness (QED) is 0.901. The second kappa shape index (κ2) is 6.37. The summed E-state index contributed by atoms with van der Waals surface area (Å²) in [6.45, 7) is 0. The maximum Gasteiger partial charge on any atom is 0.443 e. The molecule has 2 nitrogen and oxygen atoms in total. The van der Waals surface area contributed by atoms with Crippen molar-refractivity contribution in [2.24, 2.45) is 0 Å². The number of hydrogen-bond acceptors (Lipinski definition) is 3. The molecule has 1 unspecified atom stereocenters. The van der Waals surface area contributed by atoms with Crippen molar-refractivity contribution >= 4 is 11.3 Å². The molecule has 0 saturated carbocycles. The minimum absolute atomic E-state index is 0.132. The van der Waals surface area contributed by atoms with E-state index in [1.165, 1.54) is 6.20 Å². The molecule has 1 aromatic carbocycles. The standard InChI is InChI=1S/C14H15F3N2S/c1-18-12(10-5-3-2-4-6-10)8-7-11-9-19-13(20-11)14(15,16)17/h2-6,9,12,18H,7-8H2,1H3. The molecule has 1 atom stereocenters. The van der Waals surface area contributed by atoms with Gasteiger partial charge in [0.05, 0.1) is 0 Å². The molecule has 1 N–H and O–H groups in total. The molecule has 2 aromatic rings. The monoisotopic (exact) mass is 300 g/mol. The highest BCUT2D eigenvalue weighted by atomic mass is 32.1. The molecule has 0 bridgehead atoms. The Bertz CT molecular complexity index is 537. The molecule has 0 radical (unpaired) electrons. The van der Waals surface area contributed by atoms with Crippen molar-refractivity contribution in [1.29, 1.82) is 0 Å². The maximum absolute atomic E-state index is 12.5. The molecule has 20 heavy (non-hydrogen) atoms. The van der Waals surface area contributed by atoms with Crippen molar-refractivity contribution in [2.45, 2.75) is 25.1 Å². The Morgan fingerprint density at radius 3 is 2.50 bits per heavy atom. The molecular formula is C14H15F3N2S. The molecule has 0 aliphatic rings. The summed E-state index contributed by atoms with van der Waals surface area (Å²) in [7, 11) is 1.85. The lowest BCUT2D eigenvalue weighted by Crippen LogP contribution is -2.16. The Morgan fingerprint density at radius 1 is 1.25 bits per heavy atom. The minimum atomic E-state index is -4.34. The Balaban J connectivity index is 1.99. The fourth-order valence-corrected chi connectivity index (χ4v) is 2.80. The lowest BCUT2D eigenvalue weighted by molar-refractivity contribution is -0.137. The Hall–Kier alpha value is -1.40. The van der Waals surface area contributed by atoms with Crippen molar-refractivity contribution in [3.05, 3.63) is 52.0 Å². The van der Waals surface area contributed by atoms with Crippen molar-refractivity contribution < 1.29 is 13.2 Å². The van der Waals surface area contributed by atoms with Crippen LogP contribution in [0.5, 0.6) is 0 Å². The highest BCUT2D eigenvalue weighted by molar-refractivity contribution is 7.11. The molecule has 0 amide bonds. The Kier molecular flexibility index (Phi) is 4.77. The summed E-state index contributed by atoms with van der Waals surface area (Å²) in [5, 5.41) is 2.42. The third kappa shape index (κ3) is 3.80. The average Bonchev–Trinajstić information content (AvgIpc) is 2.89. The topological polar surface area (TPSA) is 24.9 Å². The highest BCUT2D eigenvalue weighted by Gasteiger charge is 2.34. The largest absolute Gasteiger partial charge is 0.443 e. The van der Waals surface area contributed by atoms with Gasteiger partial charge in [-0.25, -0.2) is 4.98 Å². The van der Waals surface area contributed by atoms with Crippen LogP contribution in [-0.4, -0.2) is 12.0 Å². The van der Waals surface area contributed by atoms with E-state index in [9.17, 15) is 13.2 Å². The van der Waals surface area contributed by atoms with Gasteiger partial charge >= 0.3 is 6.18 Å². The van der Waals surface area contributed by atoms with E-state index in [1.807, 2.05) is 37.4 Å². The Labute approximate surface area is 119 Å². The Morgan fingerprint density at radius 2 is 1.95 bits per heavy atom. The molecule has 6 heteroatoms. The van der Waals surface area contributed by atoms with Crippen LogP contribution >= 0.6 is 11.3 Å². The van der Waals surface area contributed by atoms with Crippen LogP contribution < -0.4 is 5.32 Å². The number of aryl methyl sites for hydroxylation is 1. The molecule has 0 aliphatic heterocycles. The number of thiazole rings is 1. The van der Waals surface area contributed by atoms with Crippen LogP contribution in [0.3, 0.4) is 0 Å². The molecule has 2 rings (SSSR count). The number of halogens is 3. The molecule has 0 spiro atoms.